The number of allylic oxidation sites excluding steroid dienone is 6. The summed E-state index contributed by atoms with van der Waals surface area (Å²) in [6.07, 6.45) is 9.93. The summed E-state index contributed by atoms with van der Waals surface area (Å²) in [7, 11) is 0. The van der Waals surface area contributed by atoms with E-state index in [1.54, 1.807) is 0 Å². The van der Waals surface area contributed by atoms with Crippen molar-refractivity contribution in [3.05, 3.63) is 69.8 Å². The van der Waals surface area contributed by atoms with Crippen LogP contribution in [-0.4, -0.2) is 11.3 Å². The van der Waals surface area contributed by atoms with Crippen LogP contribution in [0, 0.1) is 17.8 Å². The van der Waals surface area contributed by atoms with E-state index < -0.39 is 0 Å². The van der Waals surface area contributed by atoms with Crippen LogP contribution in [-0.2, 0) is 5.41 Å². The lowest BCUT2D eigenvalue weighted by atomic mass is 9.77. The molecular weight excluding hydrogens is 362 g/mol. The van der Waals surface area contributed by atoms with Crippen LogP contribution in [0.15, 0.2) is 63.7 Å². The predicted molar refractivity (Wildman–Crippen MR) is 129 cm³/mol. The average molecular weight is 398 g/mol. The van der Waals surface area contributed by atoms with E-state index in [1.165, 1.54) is 52.0 Å². The fourth-order valence-electron chi connectivity index (χ4n) is 6.26. The van der Waals surface area contributed by atoms with Gasteiger partial charge in [0.05, 0.1) is 11.3 Å². The van der Waals surface area contributed by atoms with Crippen molar-refractivity contribution >= 4 is 5.71 Å². The molecule has 1 saturated carbocycles. The third-order valence-corrected chi connectivity index (χ3v) is 7.89. The van der Waals surface area contributed by atoms with Gasteiger partial charge in [0.2, 0.25) is 0 Å². The van der Waals surface area contributed by atoms with Crippen molar-refractivity contribution in [2.24, 2.45) is 10.9 Å². The van der Waals surface area contributed by atoms with E-state index in [2.05, 4.69) is 82.9 Å². The van der Waals surface area contributed by atoms with Crippen molar-refractivity contribution in [1.29, 1.82) is 0 Å². The minimum Gasteiger partial charge on any atom is -0.277 e. The largest absolute Gasteiger partial charge is 0.277 e. The molecule has 0 amide bonds. The molecule has 1 heterocycles. The number of nitrogens with zero attached hydrogens (tertiary/aromatic N) is 1. The zero-order valence-electron chi connectivity index (χ0n) is 19.5. The van der Waals surface area contributed by atoms with Crippen molar-refractivity contribution in [3.8, 4) is 11.8 Å². The van der Waals surface area contributed by atoms with Gasteiger partial charge in [-0.05, 0) is 74.7 Å². The summed E-state index contributed by atoms with van der Waals surface area (Å²) < 4.78 is 0. The first kappa shape index (κ1) is 20.9. The topological polar surface area (TPSA) is 12.4 Å². The minimum atomic E-state index is 0.0204. The van der Waals surface area contributed by atoms with Gasteiger partial charge in [0.15, 0.2) is 0 Å². The third-order valence-electron chi connectivity index (χ3n) is 7.89. The van der Waals surface area contributed by atoms with Gasteiger partial charge in [-0.2, -0.15) is 0 Å². The van der Waals surface area contributed by atoms with Gasteiger partial charge >= 0.3 is 0 Å². The first-order valence-electron chi connectivity index (χ1n) is 11.7. The molecule has 3 aliphatic rings. The Morgan fingerprint density at radius 1 is 1.17 bits per heavy atom. The van der Waals surface area contributed by atoms with Gasteiger partial charge < -0.3 is 0 Å². The first-order valence-corrected chi connectivity index (χ1v) is 11.7. The van der Waals surface area contributed by atoms with Gasteiger partial charge in [-0.1, -0.05) is 69.5 Å². The number of aliphatic imine (C=N–C) groups is 1. The number of rotatable bonds is 5. The summed E-state index contributed by atoms with van der Waals surface area (Å²) in [5.74, 6) is 7.15. The molecule has 0 N–H and O–H groups in total. The fraction of sp³-hybridized carbons (Fsp3) is 0.483. The van der Waals surface area contributed by atoms with Crippen molar-refractivity contribution in [2.45, 2.75) is 84.6 Å². The van der Waals surface area contributed by atoms with E-state index in [0.29, 0.717) is 5.92 Å². The second kappa shape index (κ2) is 7.73. The maximum Gasteiger partial charge on any atom is 0.0722 e. The molecule has 0 radical (unpaired) electrons. The molecule has 1 nitrogen and oxygen atoms in total. The fourth-order valence-corrected chi connectivity index (χ4v) is 6.26. The molecule has 0 bridgehead atoms. The Hall–Kier alpha value is -2.33. The standard InChI is InChI=1S/C29H35N/c1-7-13-20-18-19-23(21(10-4)22(20)14-8-2)27-24-16-11-12-17-25(24)28(5)26(15-9-3)29(28,6)30-27/h8,11-12,14,16-17,26H,9-10,15,18-19H2,1-6H3/b14-8-/t26-,28?,29?/m0/s1. The molecule has 1 fully saturated rings. The lowest BCUT2D eigenvalue weighted by Gasteiger charge is -2.31. The Balaban J connectivity index is 1.94. The van der Waals surface area contributed by atoms with Gasteiger partial charge in [0.25, 0.3) is 0 Å². The SMILES string of the molecule is CC#CC1=C(/C=C\C)C(CC)=C(C2=NC3(C)[C@@H](CCC)C3(C)c3ccccc32)CC1. The molecule has 3 atom stereocenters. The minimum absolute atomic E-state index is 0.0204. The van der Waals surface area contributed by atoms with Crippen LogP contribution in [0.1, 0.15) is 84.8 Å². The predicted octanol–water partition coefficient (Wildman–Crippen LogP) is 7.33. The zero-order valence-corrected chi connectivity index (χ0v) is 19.5. The number of hydrogen-bond acceptors (Lipinski definition) is 1. The Kier molecular flexibility index (Phi) is 5.39. The average Bonchev–Trinajstić information content (AvgIpc) is 3.24. The molecular formula is C29H35N. The molecule has 0 saturated heterocycles. The normalized spacial score (nSPS) is 29.9. The van der Waals surface area contributed by atoms with Crippen molar-refractivity contribution in [1.82, 2.24) is 0 Å². The summed E-state index contributed by atoms with van der Waals surface area (Å²) in [5, 5.41) is 0. The van der Waals surface area contributed by atoms with Gasteiger partial charge in [0.1, 0.15) is 0 Å². The van der Waals surface area contributed by atoms with Gasteiger partial charge in [-0.25, -0.2) is 0 Å². The monoisotopic (exact) mass is 397 g/mol. The van der Waals surface area contributed by atoms with E-state index in [1.807, 2.05) is 6.92 Å². The van der Waals surface area contributed by atoms with Crippen molar-refractivity contribution in [3.63, 3.8) is 0 Å². The van der Waals surface area contributed by atoms with Crippen LogP contribution >= 0.6 is 0 Å². The van der Waals surface area contributed by atoms with E-state index >= 15 is 0 Å². The summed E-state index contributed by atoms with van der Waals surface area (Å²) in [4.78, 5) is 5.56. The molecule has 1 aromatic carbocycles. The summed E-state index contributed by atoms with van der Waals surface area (Å²) in [6.45, 7) is 13.5. The second-order valence-electron chi connectivity index (χ2n) is 9.28. The van der Waals surface area contributed by atoms with Gasteiger partial charge in [-0.3, -0.25) is 4.99 Å². The molecule has 0 aromatic heterocycles. The Bertz CT molecular complexity index is 1050. The van der Waals surface area contributed by atoms with Crippen molar-refractivity contribution < 1.29 is 0 Å². The van der Waals surface area contributed by atoms with E-state index in [0.717, 1.165) is 19.3 Å². The Morgan fingerprint density at radius 2 is 1.93 bits per heavy atom. The summed E-state index contributed by atoms with van der Waals surface area (Å²) in [6, 6.07) is 9.07. The number of benzene rings is 1. The highest BCUT2D eigenvalue weighted by Crippen LogP contribution is 2.69. The molecule has 4 rings (SSSR count). The number of fused-ring (bicyclic) bond motifs is 3. The Morgan fingerprint density at radius 3 is 2.60 bits per heavy atom. The zero-order chi connectivity index (χ0) is 21.5. The van der Waals surface area contributed by atoms with Crippen LogP contribution in [0.3, 0.4) is 0 Å². The summed E-state index contributed by atoms with van der Waals surface area (Å²) in [5.41, 5.74) is 9.82. The molecule has 30 heavy (non-hydrogen) atoms. The van der Waals surface area contributed by atoms with Gasteiger partial charge in [-0.15, -0.1) is 5.92 Å². The highest BCUT2D eigenvalue weighted by Gasteiger charge is 2.73. The maximum atomic E-state index is 5.56. The Labute approximate surface area is 183 Å². The maximum absolute atomic E-state index is 5.56. The van der Waals surface area contributed by atoms with Crippen LogP contribution in [0.4, 0.5) is 0 Å². The number of hydrogen-bond donors (Lipinski definition) is 0. The molecule has 1 aliphatic heterocycles. The highest BCUT2D eigenvalue weighted by molar-refractivity contribution is 6.16. The van der Waals surface area contributed by atoms with Crippen LogP contribution in [0.25, 0.3) is 0 Å². The molecule has 2 unspecified atom stereocenters. The lowest BCUT2D eigenvalue weighted by Crippen LogP contribution is -2.28. The van der Waals surface area contributed by atoms with Gasteiger partial charge in [0, 0.05) is 16.6 Å². The molecule has 1 aromatic rings. The molecule has 1 heteroatoms. The van der Waals surface area contributed by atoms with Crippen molar-refractivity contribution in [2.75, 3.05) is 0 Å². The van der Waals surface area contributed by atoms with E-state index in [-0.39, 0.29) is 11.0 Å². The highest BCUT2D eigenvalue weighted by atomic mass is 15.0. The smallest absolute Gasteiger partial charge is 0.0722 e. The third kappa shape index (κ3) is 2.80. The van der Waals surface area contributed by atoms with Crippen LogP contribution in [0.5, 0.6) is 0 Å². The van der Waals surface area contributed by atoms with E-state index in [9.17, 15) is 0 Å². The lowest BCUT2D eigenvalue weighted by molar-refractivity contribution is 0.599. The van der Waals surface area contributed by atoms with Crippen LogP contribution < -0.4 is 0 Å². The quantitative estimate of drug-likeness (QED) is 0.461. The molecule has 0 spiro atoms. The summed E-state index contributed by atoms with van der Waals surface area (Å²) >= 11 is 0. The van der Waals surface area contributed by atoms with Crippen LogP contribution in [0.2, 0.25) is 0 Å². The first-order chi connectivity index (χ1) is 14.5. The van der Waals surface area contributed by atoms with E-state index in [4.69, 9.17) is 4.99 Å². The molecule has 156 valence electrons. The molecule has 2 aliphatic carbocycles. The second-order valence-corrected chi connectivity index (χ2v) is 9.28.